The third-order valence-electron chi connectivity index (χ3n) is 6.13. The molecule has 0 bridgehead atoms. The molecule has 0 saturated heterocycles. The molecule has 0 aliphatic carbocycles. The van der Waals surface area contributed by atoms with Crippen molar-refractivity contribution in [1.82, 2.24) is 0 Å². The average Bonchev–Trinajstić information content (AvgIpc) is 2.69. The molecule has 0 saturated carbocycles. The lowest BCUT2D eigenvalue weighted by Gasteiger charge is -2.37. The highest BCUT2D eigenvalue weighted by molar-refractivity contribution is 5.91. The van der Waals surface area contributed by atoms with Gasteiger partial charge in [0.05, 0.1) is 11.7 Å². The van der Waals surface area contributed by atoms with Gasteiger partial charge in [-0.3, -0.25) is 4.79 Å². The summed E-state index contributed by atoms with van der Waals surface area (Å²) in [6, 6.07) is 4.67. The first-order chi connectivity index (χ1) is 15.0. The number of aromatic hydroxyl groups is 2. The summed E-state index contributed by atoms with van der Waals surface area (Å²) >= 11 is 0. The van der Waals surface area contributed by atoms with Crippen LogP contribution in [-0.4, -0.2) is 32.6 Å². The molecule has 0 radical (unpaired) electrons. The van der Waals surface area contributed by atoms with E-state index in [0.29, 0.717) is 22.6 Å². The van der Waals surface area contributed by atoms with Crippen LogP contribution in [-0.2, 0) is 6.42 Å². The topological polar surface area (TPSA) is 109 Å². The first-order valence-electron chi connectivity index (χ1n) is 10.4. The molecule has 0 spiro atoms. The second-order valence-corrected chi connectivity index (χ2v) is 9.42. The smallest absolute Gasteiger partial charge is 0.204 e. The van der Waals surface area contributed by atoms with E-state index in [1.54, 1.807) is 26.0 Å². The average molecular weight is 436 g/mol. The van der Waals surface area contributed by atoms with Crippen LogP contribution in [0.25, 0.3) is 28.2 Å². The van der Waals surface area contributed by atoms with E-state index in [-0.39, 0.29) is 40.0 Å². The van der Waals surface area contributed by atoms with Crippen LogP contribution in [0, 0.1) is 0 Å². The zero-order valence-electron chi connectivity index (χ0n) is 18.2. The summed E-state index contributed by atoms with van der Waals surface area (Å²) in [5.74, 6) is 0.446. The zero-order valence-corrected chi connectivity index (χ0v) is 18.2. The van der Waals surface area contributed by atoms with Gasteiger partial charge >= 0.3 is 0 Å². The highest BCUT2D eigenvalue weighted by Gasteiger charge is 2.38. The van der Waals surface area contributed by atoms with E-state index in [1.165, 1.54) is 12.3 Å². The van der Waals surface area contributed by atoms with E-state index in [1.807, 2.05) is 26.0 Å². The fourth-order valence-corrected chi connectivity index (χ4v) is 4.18. The lowest BCUT2D eigenvalue weighted by molar-refractivity contribution is -0.0415. The first-order valence-corrected chi connectivity index (χ1v) is 10.4. The Kier molecular flexibility index (Phi) is 4.17. The molecular weight excluding hydrogens is 412 g/mol. The third-order valence-corrected chi connectivity index (χ3v) is 6.13. The summed E-state index contributed by atoms with van der Waals surface area (Å²) in [6.07, 6.45) is 4.31. The van der Waals surface area contributed by atoms with Crippen molar-refractivity contribution in [2.75, 3.05) is 0 Å². The van der Waals surface area contributed by atoms with E-state index in [2.05, 4.69) is 0 Å². The molecule has 0 unspecified atom stereocenters. The van der Waals surface area contributed by atoms with Crippen LogP contribution < -0.4 is 14.9 Å². The number of aliphatic hydroxyl groups is 1. The van der Waals surface area contributed by atoms with Crippen molar-refractivity contribution >= 4 is 17.0 Å². The van der Waals surface area contributed by atoms with Gasteiger partial charge in [0, 0.05) is 35.2 Å². The largest absolute Gasteiger partial charge is 0.507 e. The summed E-state index contributed by atoms with van der Waals surface area (Å²) < 4.78 is 17.4. The van der Waals surface area contributed by atoms with Gasteiger partial charge in [0.25, 0.3) is 0 Å². The molecule has 32 heavy (non-hydrogen) atoms. The standard InChI is InChI=1S/C25H24O7/c1-24(2)6-5-12-7-13(16(26)9-17(12)31-24)15-11-30-19-10-18-14(22(28)21(19)23(15)29)8-20(27)25(3,4)32-18/h5-7,9-11,20,26-28H,8H2,1-4H3/t20-/m1/s1. The number of benzene rings is 2. The van der Waals surface area contributed by atoms with Crippen molar-refractivity contribution < 1.29 is 29.2 Å². The highest BCUT2D eigenvalue weighted by Crippen LogP contribution is 2.43. The normalized spacial score (nSPS) is 20.2. The predicted octanol–water partition coefficient (Wildman–Crippen LogP) is 4.13. The first kappa shape index (κ1) is 20.5. The minimum atomic E-state index is -0.852. The molecule has 2 aromatic carbocycles. The van der Waals surface area contributed by atoms with Crippen LogP contribution in [0.3, 0.4) is 0 Å². The second-order valence-electron chi connectivity index (χ2n) is 9.42. The van der Waals surface area contributed by atoms with Crippen LogP contribution in [0.4, 0.5) is 0 Å². The van der Waals surface area contributed by atoms with Crippen LogP contribution in [0.5, 0.6) is 23.0 Å². The lowest BCUT2D eigenvalue weighted by Crippen LogP contribution is -2.46. The number of phenolic OH excluding ortho intramolecular Hbond substituents is 2. The Morgan fingerprint density at radius 2 is 1.75 bits per heavy atom. The Balaban J connectivity index is 1.69. The molecule has 3 heterocycles. The summed E-state index contributed by atoms with van der Waals surface area (Å²) in [7, 11) is 0. The lowest BCUT2D eigenvalue weighted by atomic mass is 9.89. The van der Waals surface area contributed by atoms with Crippen LogP contribution in [0.2, 0.25) is 0 Å². The van der Waals surface area contributed by atoms with E-state index >= 15 is 0 Å². The van der Waals surface area contributed by atoms with Gasteiger partial charge in [-0.25, -0.2) is 0 Å². The van der Waals surface area contributed by atoms with Crippen molar-refractivity contribution in [3.63, 3.8) is 0 Å². The fourth-order valence-electron chi connectivity index (χ4n) is 4.18. The van der Waals surface area contributed by atoms with Gasteiger partial charge in [0.1, 0.15) is 51.4 Å². The Hall–Kier alpha value is -3.45. The molecular formula is C25H24O7. The number of phenols is 2. The number of rotatable bonds is 1. The predicted molar refractivity (Wildman–Crippen MR) is 119 cm³/mol. The molecule has 1 atom stereocenters. The molecule has 166 valence electrons. The number of aliphatic hydroxyl groups excluding tert-OH is 1. The van der Waals surface area contributed by atoms with E-state index in [0.717, 1.165) is 0 Å². The second kappa shape index (κ2) is 6.53. The summed E-state index contributed by atoms with van der Waals surface area (Å²) in [5.41, 5.74) is -0.258. The van der Waals surface area contributed by atoms with Crippen molar-refractivity contribution in [1.29, 1.82) is 0 Å². The van der Waals surface area contributed by atoms with Crippen molar-refractivity contribution in [3.05, 3.63) is 51.9 Å². The van der Waals surface area contributed by atoms with E-state index in [4.69, 9.17) is 13.9 Å². The number of fused-ring (bicyclic) bond motifs is 3. The fraction of sp³-hybridized carbons (Fsp3) is 0.320. The summed E-state index contributed by atoms with van der Waals surface area (Å²) in [4.78, 5) is 13.4. The maximum Gasteiger partial charge on any atom is 0.204 e. The Morgan fingerprint density at radius 3 is 2.50 bits per heavy atom. The Labute approximate surface area is 184 Å². The quantitative estimate of drug-likeness (QED) is 0.526. The summed E-state index contributed by atoms with van der Waals surface area (Å²) in [6.45, 7) is 7.31. The molecule has 1 aromatic heterocycles. The molecule has 3 aromatic rings. The maximum atomic E-state index is 13.4. The van der Waals surface area contributed by atoms with Gasteiger partial charge in [-0.15, -0.1) is 0 Å². The molecule has 2 aliphatic rings. The molecule has 0 amide bonds. The van der Waals surface area contributed by atoms with Gasteiger partial charge in [-0.2, -0.15) is 0 Å². The monoisotopic (exact) mass is 436 g/mol. The minimum absolute atomic E-state index is 0.0261. The Morgan fingerprint density at radius 1 is 1.00 bits per heavy atom. The highest BCUT2D eigenvalue weighted by atomic mass is 16.5. The van der Waals surface area contributed by atoms with Crippen LogP contribution in [0.15, 0.2) is 39.7 Å². The van der Waals surface area contributed by atoms with E-state index < -0.39 is 22.7 Å². The SMILES string of the molecule is CC1(C)C=Cc2cc(-c3coc4cc5c(c(O)c4c3=O)C[C@@H](O)C(C)(C)O5)c(O)cc2O1. The molecule has 5 rings (SSSR count). The van der Waals surface area contributed by atoms with Gasteiger partial charge in [-0.05, 0) is 39.8 Å². The van der Waals surface area contributed by atoms with Gasteiger partial charge in [0.15, 0.2) is 0 Å². The third kappa shape index (κ3) is 3.04. The van der Waals surface area contributed by atoms with Gasteiger partial charge < -0.3 is 29.2 Å². The number of hydrogen-bond donors (Lipinski definition) is 3. The Bertz CT molecular complexity index is 1360. The molecule has 3 N–H and O–H groups in total. The minimum Gasteiger partial charge on any atom is -0.507 e. The number of hydrogen-bond acceptors (Lipinski definition) is 7. The van der Waals surface area contributed by atoms with E-state index in [9.17, 15) is 20.1 Å². The van der Waals surface area contributed by atoms with Gasteiger partial charge in [-0.1, -0.05) is 6.08 Å². The van der Waals surface area contributed by atoms with Crippen molar-refractivity contribution in [3.8, 4) is 34.1 Å². The van der Waals surface area contributed by atoms with Crippen molar-refractivity contribution in [2.24, 2.45) is 0 Å². The van der Waals surface area contributed by atoms with Crippen LogP contribution in [0.1, 0.15) is 38.8 Å². The van der Waals surface area contributed by atoms with Crippen molar-refractivity contribution in [2.45, 2.75) is 51.4 Å². The maximum absolute atomic E-state index is 13.4. The molecule has 2 aliphatic heterocycles. The molecule has 7 heteroatoms. The summed E-state index contributed by atoms with van der Waals surface area (Å²) in [5, 5.41) is 31.9. The van der Waals surface area contributed by atoms with Gasteiger partial charge in [0.2, 0.25) is 5.43 Å². The zero-order chi connectivity index (χ0) is 23.0. The molecule has 7 nitrogen and oxygen atoms in total. The number of ether oxygens (including phenoxy) is 2. The van der Waals surface area contributed by atoms with Crippen LogP contribution >= 0.6 is 0 Å². The molecule has 0 fully saturated rings.